The molecule has 1 nitrogen and oxygen atoms in total. The first-order valence-electron chi connectivity index (χ1n) is 5.02. The van der Waals surface area contributed by atoms with Crippen LogP contribution < -0.4 is 0 Å². The van der Waals surface area contributed by atoms with E-state index in [1.54, 1.807) is 0 Å². The predicted octanol–water partition coefficient (Wildman–Crippen LogP) is 2.80. The van der Waals surface area contributed by atoms with Gasteiger partial charge in [0.15, 0.2) is 0 Å². The van der Waals surface area contributed by atoms with Crippen LogP contribution in [-0.4, -0.2) is 11.2 Å². The Morgan fingerprint density at radius 3 is 2.36 bits per heavy atom. The van der Waals surface area contributed by atoms with E-state index in [0.717, 1.165) is 11.1 Å². The molecule has 0 saturated carbocycles. The second kappa shape index (κ2) is 4.97. The summed E-state index contributed by atoms with van der Waals surface area (Å²) in [5.74, 6) is 0.341. The van der Waals surface area contributed by atoms with E-state index in [9.17, 15) is 5.11 Å². The number of benzene rings is 1. The molecule has 14 heavy (non-hydrogen) atoms. The predicted molar refractivity (Wildman–Crippen MR) is 60.1 cm³/mol. The zero-order chi connectivity index (χ0) is 10.6. The molecule has 76 valence electrons. The summed E-state index contributed by atoms with van der Waals surface area (Å²) in [4.78, 5) is 0. The van der Waals surface area contributed by atoms with Gasteiger partial charge in [-0.15, -0.1) is 0 Å². The summed E-state index contributed by atoms with van der Waals surface area (Å²) in [6, 6.07) is 10.0. The molecule has 0 bridgehead atoms. The van der Waals surface area contributed by atoms with Crippen LogP contribution in [0.1, 0.15) is 19.4 Å². The monoisotopic (exact) mass is 190 g/mol. The maximum Gasteiger partial charge on any atom is 0.0790 e. The van der Waals surface area contributed by atoms with Crippen molar-refractivity contribution >= 4 is 0 Å². The molecule has 1 aromatic carbocycles. The highest BCUT2D eigenvalue weighted by Crippen LogP contribution is 2.15. The maximum atomic E-state index is 9.84. The molecule has 0 radical (unpaired) electrons. The fourth-order valence-corrected chi connectivity index (χ4v) is 1.35. The summed E-state index contributed by atoms with van der Waals surface area (Å²) in [5.41, 5.74) is 2.07. The van der Waals surface area contributed by atoms with E-state index in [1.165, 1.54) is 0 Å². The van der Waals surface area contributed by atoms with E-state index in [1.807, 2.05) is 30.3 Å². The highest BCUT2D eigenvalue weighted by atomic mass is 16.3. The van der Waals surface area contributed by atoms with Gasteiger partial charge in [-0.3, -0.25) is 0 Å². The van der Waals surface area contributed by atoms with Crippen molar-refractivity contribution < 1.29 is 5.11 Å². The molecule has 0 aromatic heterocycles. The van der Waals surface area contributed by atoms with E-state index in [2.05, 4.69) is 20.4 Å². The third kappa shape index (κ3) is 3.00. The third-order valence-corrected chi connectivity index (χ3v) is 2.44. The molecule has 0 amide bonds. The van der Waals surface area contributed by atoms with Crippen molar-refractivity contribution in [1.29, 1.82) is 0 Å². The summed E-state index contributed by atoms with van der Waals surface area (Å²) in [7, 11) is 0. The van der Waals surface area contributed by atoms with Crippen LogP contribution in [0.4, 0.5) is 0 Å². The minimum atomic E-state index is -0.419. The minimum absolute atomic E-state index is 0.341. The molecule has 0 fully saturated rings. The first-order chi connectivity index (χ1) is 6.61. The number of aliphatic hydroxyl groups is 1. The largest absolute Gasteiger partial charge is 0.388 e. The maximum absolute atomic E-state index is 9.84. The van der Waals surface area contributed by atoms with Gasteiger partial charge in [-0.1, -0.05) is 50.8 Å². The Labute approximate surface area is 86.1 Å². The van der Waals surface area contributed by atoms with Crippen LogP contribution in [0.15, 0.2) is 42.5 Å². The zero-order valence-electron chi connectivity index (χ0n) is 8.90. The molecule has 1 unspecified atom stereocenters. The fraction of sp³-hybridized carbons (Fsp3) is 0.385. The molecule has 0 aliphatic rings. The zero-order valence-corrected chi connectivity index (χ0v) is 8.90. The van der Waals surface area contributed by atoms with Gasteiger partial charge in [0.05, 0.1) is 6.10 Å². The lowest BCUT2D eigenvalue weighted by molar-refractivity contribution is 0.201. The van der Waals surface area contributed by atoms with Crippen LogP contribution >= 0.6 is 0 Å². The Balaban J connectivity index is 2.57. The van der Waals surface area contributed by atoms with Crippen molar-refractivity contribution in [2.75, 3.05) is 0 Å². The van der Waals surface area contributed by atoms with Gasteiger partial charge in [0.25, 0.3) is 0 Å². The van der Waals surface area contributed by atoms with E-state index in [4.69, 9.17) is 0 Å². The second-order valence-corrected chi connectivity index (χ2v) is 3.94. The SMILES string of the molecule is C=C(C(C)C)C(O)Cc1ccccc1. The Morgan fingerprint density at radius 1 is 1.29 bits per heavy atom. The van der Waals surface area contributed by atoms with Crippen molar-refractivity contribution in [3.63, 3.8) is 0 Å². The van der Waals surface area contributed by atoms with Gasteiger partial charge < -0.3 is 5.11 Å². The van der Waals surface area contributed by atoms with Crippen LogP contribution in [0, 0.1) is 5.92 Å². The molecule has 0 saturated heterocycles. The Bertz CT molecular complexity index is 287. The fourth-order valence-electron chi connectivity index (χ4n) is 1.35. The first kappa shape index (κ1) is 11.0. The summed E-state index contributed by atoms with van der Waals surface area (Å²) < 4.78 is 0. The number of hydrogen-bond donors (Lipinski definition) is 1. The highest BCUT2D eigenvalue weighted by Gasteiger charge is 2.12. The van der Waals surface area contributed by atoms with Crippen molar-refractivity contribution in [3.05, 3.63) is 48.0 Å². The molecule has 0 heterocycles. The molecule has 1 rings (SSSR count). The standard InChI is InChI=1S/C13H18O/c1-10(2)11(3)13(14)9-12-7-5-4-6-8-12/h4-8,10,13-14H,3,9H2,1-2H3. The lowest BCUT2D eigenvalue weighted by Gasteiger charge is -2.16. The van der Waals surface area contributed by atoms with Crippen LogP contribution in [-0.2, 0) is 6.42 Å². The van der Waals surface area contributed by atoms with Crippen molar-refractivity contribution in [1.82, 2.24) is 0 Å². The summed E-state index contributed by atoms with van der Waals surface area (Å²) in [6.07, 6.45) is 0.245. The Kier molecular flexibility index (Phi) is 3.90. The van der Waals surface area contributed by atoms with Crippen LogP contribution in [0.5, 0.6) is 0 Å². The van der Waals surface area contributed by atoms with Gasteiger partial charge in [0, 0.05) is 6.42 Å². The average molecular weight is 190 g/mol. The van der Waals surface area contributed by atoms with Crippen molar-refractivity contribution in [2.45, 2.75) is 26.4 Å². The van der Waals surface area contributed by atoms with Crippen molar-refractivity contribution in [2.24, 2.45) is 5.92 Å². The summed E-state index contributed by atoms with van der Waals surface area (Å²) in [6.45, 7) is 8.00. The summed E-state index contributed by atoms with van der Waals surface area (Å²) in [5, 5.41) is 9.84. The number of aliphatic hydroxyl groups excluding tert-OH is 1. The quantitative estimate of drug-likeness (QED) is 0.724. The lowest BCUT2D eigenvalue weighted by atomic mass is 9.95. The molecule has 1 aromatic rings. The highest BCUT2D eigenvalue weighted by molar-refractivity contribution is 5.18. The van der Waals surface area contributed by atoms with Gasteiger partial charge >= 0.3 is 0 Å². The van der Waals surface area contributed by atoms with Gasteiger partial charge in [-0.05, 0) is 17.1 Å². The van der Waals surface area contributed by atoms with Crippen LogP contribution in [0.3, 0.4) is 0 Å². The van der Waals surface area contributed by atoms with Gasteiger partial charge in [-0.25, -0.2) is 0 Å². The molecule has 0 spiro atoms. The smallest absolute Gasteiger partial charge is 0.0790 e. The molecular formula is C13H18O. The first-order valence-corrected chi connectivity index (χ1v) is 5.02. The topological polar surface area (TPSA) is 20.2 Å². The number of rotatable bonds is 4. The minimum Gasteiger partial charge on any atom is -0.388 e. The number of hydrogen-bond acceptors (Lipinski definition) is 1. The van der Waals surface area contributed by atoms with Gasteiger partial charge in [0.2, 0.25) is 0 Å². The van der Waals surface area contributed by atoms with E-state index < -0.39 is 6.10 Å². The molecule has 0 aliphatic heterocycles. The van der Waals surface area contributed by atoms with E-state index >= 15 is 0 Å². The van der Waals surface area contributed by atoms with Crippen molar-refractivity contribution in [3.8, 4) is 0 Å². The van der Waals surface area contributed by atoms with Crippen LogP contribution in [0.25, 0.3) is 0 Å². The van der Waals surface area contributed by atoms with E-state index in [0.29, 0.717) is 12.3 Å². The van der Waals surface area contributed by atoms with Gasteiger partial charge in [0.1, 0.15) is 0 Å². The second-order valence-electron chi connectivity index (χ2n) is 3.94. The average Bonchev–Trinajstić information content (AvgIpc) is 2.18. The van der Waals surface area contributed by atoms with Crippen LogP contribution in [0.2, 0.25) is 0 Å². The van der Waals surface area contributed by atoms with Gasteiger partial charge in [-0.2, -0.15) is 0 Å². The molecule has 1 atom stereocenters. The molecule has 1 heteroatoms. The Hall–Kier alpha value is -1.08. The summed E-state index contributed by atoms with van der Waals surface area (Å²) >= 11 is 0. The molecule has 1 N–H and O–H groups in total. The normalized spacial score (nSPS) is 12.9. The van der Waals surface area contributed by atoms with E-state index in [-0.39, 0.29) is 0 Å². The molecule has 0 aliphatic carbocycles. The lowest BCUT2D eigenvalue weighted by Crippen LogP contribution is -2.16. The molecular weight excluding hydrogens is 172 g/mol. The Morgan fingerprint density at radius 2 is 1.86 bits per heavy atom. The third-order valence-electron chi connectivity index (χ3n) is 2.44.